The second-order valence-electron chi connectivity index (χ2n) is 5.44. The van der Waals surface area contributed by atoms with Crippen LogP contribution in [0.15, 0.2) is 17.1 Å². The van der Waals surface area contributed by atoms with Crippen LogP contribution in [0.2, 0.25) is 0 Å². The molecule has 2 unspecified atom stereocenters. The Bertz CT molecular complexity index is 946. The van der Waals surface area contributed by atoms with Crippen molar-refractivity contribution in [2.75, 3.05) is 12.3 Å². The van der Waals surface area contributed by atoms with Gasteiger partial charge in [0, 0.05) is 6.20 Å². The number of ether oxygens (including phenoxy) is 1. The minimum atomic E-state index is -5.81. The minimum Gasteiger partial charge on any atom is -0.394 e. The van der Waals surface area contributed by atoms with Gasteiger partial charge in [0.2, 0.25) is 0 Å². The number of rotatable bonds is 8. The number of nitrogen functional groups attached to an aromatic ring is 1. The van der Waals surface area contributed by atoms with Crippen molar-refractivity contribution >= 4 is 29.3 Å². The normalized spacial score (nSPS) is 29.3. The summed E-state index contributed by atoms with van der Waals surface area (Å²) in [5.74, 6) is -0.187. The monoisotopic (exact) mass is 483 g/mol. The van der Waals surface area contributed by atoms with Gasteiger partial charge in [-0.05, 0) is 6.07 Å². The van der Waals surface area contributed by atoms with Crippen LogP contribution in [0.25, 0.3) is 0 Å². The predicted molar refractivity (Wildman–Crippen MR) is 88.6 cm³/mol. The van der Waals surface area contributed by atoms with Crippen LogP contribution in [0.4, 0.5) is 5.82 Å². The molecule has 0 aliphatic carbocycles. The molecule has 1 saturated heterocycles. The van der Waals surface area contributed by atoms with Crippen molar-refractivity contribution in [3.05, 3.63) is 22.7 Å². The molecular formula is C9H16N3O14P3. The molecular weight excluding hydrogens is 467 g/mol. The summed E-state index contributed by atoms with van der Waals surface area (Å²) in [6.45, 7) is -0.828. The molecule has 1 aliphatic heterocycles. The van der Waals surface area contributed by atoms with Gasteiger partial charge in [0.25, 0.3) is 0 Å². The van der Waals surface area contributed by atoms with E-state index in [9.17, 15) is 38.5 Å². The molecule has 1 fully saturated rings. The lowest BCUT2D eigenvalue weighted by Crippen LogP contribution is -2.37. The zero-order chi connectivity index (χ0) is 22.2. The van der Waals surface area contributed by atoms with Crippen LogP contribution < -0.4 is 11.4 Å². The first-order valence-corrected chi connectivity index (χ1v) is 11.8. The highest BCUT2D eigenvalue weighted by Crippen LogP contribution is 2.67. The third-order valence-corrected chi connectivity index (χ3v) is 7.13. The second-order valence-corrected chi connectivity index (χ2v) is 9.81. The molecule has 1 aliphatic rings. The van der Waals surface area contributed by atoms with E-state index in [-0.39, 0.29) is 5.82 Å². The van der Waals surface area contributed by atoms with Gasteiger partial charge >= 0.3 is 29.2 Å². The van der Waals surface area contributed by atoms with Gasteiger partial charge in [-0.25, -0.2) is 18.5 Å². The van der Waals surface area contributed by atoms with Gasteiger partial charge in [-0.15, -0.1) is 0 Å². The molecule has 0 aromatic carbocycles. The molecule has 20 heteroatoms. The largest absolute Gasteiger partial charge is 0.490 e. The van der Waals surface area contributed by atoms with Crippen LogP contribution in [-0.4, -0.2) is 64.3 Å². The highest BCUT2D eigenvalue weighted by Gasteiger charge is 2.51. The highest BCUT2D eigenvalue weighted by atomic mass is 31.3. The van der Waals surface area contributed by atoms with E-state index in [1.807, 2.05) is 0 Å². The van der Waals surface area contributed by atoms with E-state index in [1.165, 1.54) is 0 Å². The van der Waals surface area contributed by atoms with Crippen LogP contribution in [-0.2, 0) is 31.6 Å². The van der Waals surface area contributed by atoms with E-state index in [0.29, 0.717) is 4.57 Å². The maximum absolute atomic E-state index is 12.0. The van der Waals surface area contributed by atoms with Crippen LogP contribution in [0.3, 0.4) is 0 Å². The van der Waals surface area contributed by atoms with Crippen molar-refractivity contribution in [1.82, 2.24) is 9.55 Å². The van der Waals surface area contributed by atoms with Crippen molar-refractivity contribution in [2.45, 2.75) is 24.5 Å². The Labute approximate surface area is 160 Å². The van der Waals surface area contributed by atoms with E-state index in [0.717, 1.165) is 12.3 Å². The number of anilines is 1. The summed E-state index contributed by atoms with van der Waals surface area (Å²) in [6, 6.07) is 1.13. The zero-order valence-corrected chi connectivity index (χ0v) is 16.6. The van der Waals surface area contributed by atoms with Gasteiger partial charge in [0.05, 0.1) is 6.61 Å². The number of aromatic nitrogens is 2. The average Bonchev–Trinajstić information content (AvgIpc) is 2.79. The first kappa shape index (κ1) is 24.2. The van der Waals surface area contributed by atoms with Gasteiger partial charge in [0.15, 0.2) is 6.23 Å². The summed E-state index contributed by atoms with van der Waals surface area (Å²) >= 11 is 0. The molecule has 17 nitrogen and oxygen atoms in total. The molecule has 0 saturated carbocycles. The van der Waals surface area contributed by atoms with E-state index in [2.05, 4.69) is 18.1 Å². The summed E-state index contributed by atoms with van der Waals surface area (Å²) in [7, 11) is -17.1. The Morgan fingerprint density at radius 3 is 2.31 bits per heavy atom. The second kappa shape index (κ2) is 8.61. The Morgan fingerprint density at radius 2 is 1.79 bits per heavy atom. The molecule has 1 aromatic rings. The van der Waals surface area contributed by atoms with Gasteiger partial charge < -0.3 is 40.3 Å². The molecule has 1 aromatic heterocycles. The summed E-state index contributed by atoms with van der Waals surface area (Å²) in [6.07, 6.45) is -5.91. The number of phosphoric ester groups is 1. The third kappa shape index (κ3) is 6.47. The number of aliphatic hydroxyl groups is 2. The van der Waals surface area contributed by atoms with Crippen molar-refractivity contribution < 1.29 is 61.4 Å². The molecule has 2 heterocycles. The summed E-state index contributed by atoms with van der Waals surface area (Å²) in [5, 5.41) is 19.4. The van der Waals surface area contributed by atoms with Gasteiger partial charge in [0.1, 0.15) is 24.1 Å². The number of hydrogen-bond donors (Lipinski definition) is 7. The van der Waals surface area contributed by atoms with Crippen molar-refractivity contribution in [2.24, 2.45) is 0 Å². The molecule has 0 amide bonds. The van der Waals surface area contributed by atoms with Crippen molar-refractivity contribution in [3.63, 3.8) is 0 Å². The summed E-state index contributed by atoms with van der Waals surface area (Å²) in [4.78, 5) is 51.2. The predicted octanol–water partition coefficient (Wildman–Crippen LogP) is -2.21. The Balaban J connectivity index is 2.31. The van der Waals surface area contributed by atoms with E-state index in [4.69, 9.17) is 20.3 Å². The number of phosphoric acid groups is 3. The first-order valence-electron chi connectivity index (χ1n) is 7.25. The average molecular weight is 483 g/mol. The number of nitrogens with zero attached hydrogens (tertiary/aromatic N) is 2. The Hall–Kier alpha value is -1.03. The van der Waals surface area contributed by atoms with Crippen molar-refractivity contribution in [1.29, 1.82) is 0 Å². The molecule has 0 radical (unpaired) electrons. The number of aliphatic hydroxyl groups excluding tert-OH is 2. The lowest BCUT2D eigenvalue weighted by Gasteiger charge is -2.24. The fourth-order valence-electron chi connectivity index (χ4n) is 2.28. The molecule has 0 spiro atoms. The minimum absolute atomic E-state index is 0.187. The van der Waals surface area contributed by atoms with Crippen LogP contribution in [0.1, 0.15) is 6.23 Å². The van der Waals surface area contributed by atoms with Crippen LogP contribution in [0.5, 0.6) is 0 Å². The molecule has 8 N–H and O–H groups in total. The lowest BCUT2D eigenvalue weighted by molar-refractivity contribution is -0.0542. The standard InChI is InChI=1S/C9H16N3O14P3/c10-5-1-2-12(9(15)11-5)8-7(6(14)4(3-13)23-8)24-28(19,20)26-29(21,22)25-27(16,17)18/h1-2,4,6-8,13-14H,3H2,(H,19,20)(H,21,22)(H2,10,11,15)(H2,16,17,18)/t4-,6-,7-,8-/m1/s1. The summed E-state index contributed by atoms with van der Waals surface area (Å²) in [5.41, 5.74) is 4.30. The van der Waals surface area contributed by atoms with E-state index >= 15 is 0 Å². The smallest absolute Gasteiger partial charge is 0.394 e. The van der Waals surface area contributed by atoms with Crippen LogP contribution >= 0.6 is 23.5 Å². The quantitative estimate of drug-likeness (QED) is 0.193. The van der Waals surface area contributed by atoms with Gasteiger partial charge in [-0.2, -0.15) is 13.6 Å². The molecule has 6 atom stereocenters. The maximum atomic E-state index is 12.0. The number of hydrogen-bond acceptors (Lipinski definition) is 12. The van der Waals surface area contributed by atoms with E-state index < -0.39 is 60.3 Å². The van der Waals surface area contributed by atoms with Gasteiger partial charge in [-0.3, -0.25) is 9.09 Å². The van der Waals surface area contributed by atoms with Crippen LogP contribution in [0, 0.1) is 0 Å². The molecule has 0 bridgehead atoms. The topological polar surface area (TPSA) is 270 Å². The maximum Gasteiger partial charge on any atom is 0.490 e. The number of nitrogens with two attached hydrogens (primary N) is 1. The molecule has 29 heavy (non-hydrogen) atoms. The fourth-order valence-corrected chi connectivity index (χ4v) is 5.48. The SMILES string of the molecule is Nc1ccn([C@@H]2O[C@H](CO)[C@@H](O)[C@H]2OP(=O)(O)OP(=O)(O)OP(=O)(O)O)c(=O)n1. The third-order valence-electron chi connectivity index (χ3n) is 3.29. The molecule has 2 rings (SSSR count). The summed E-state index contributed by atoms with van der Waals surface area (Å²) < 4.78 is 51.6. The lowest BCUT2D eigenvalue weighted by atomic mass is 10.1. The fraction of sp³-hybridized carbons (Fsp3) is 0.556. The Kier molecular flexibility index (Phi) is 7.20. The Morgan fingerprint density at radius 1 is 1.17 bits per heavy atom. The molecule has 166 valence electrons. The highest BCUT2D eigenvalue weighted by molar-refractivity contribution is 7.66. The van der Waals surface area contributed by atoms with Crippen molar-refractivity contribution in [3.8, 4) is 0 Å². The van der Waals surface area contributed by atoms with E-state index in [1.54, 1.807) is 0 Å². The zero-order valence-electron chi connectivity index (χ0n) is 13.9. The first-order chi connectivity index (χ1) is 13.1. The van der Waals surface area contributed by atoms with Gasteiger partial charge in [-0.1, -0.05) is 0 Å².